The Hall–Kier alpha value is -3.97. The minimum absolute atomic E-state index is 0.00702. The molecule has 1 atom stereocenters. The Morgan fingerprint density at radius 1 is 0.973 bits per heavy atom. The lowest BCUT2D eigenvalue weighted by molar-refractivity contribution is -0.134. The van der Waals surface area contributed by atoms with Gasteiger partial charge in [-0.2, -0.15) is 10.2 Å². The smallest absolute Gasteiger partial charge is 0.257 e. The molecule has 1 amide bonds. The molecule has 4 heterocycles. The van der Waals surface area contributed by atoms with Crippen molar-refractivity contribution in [3.05, 3.63) is 96.6 Å². The second-order valence-electron chi connectivity index (χ2n) is 10.0. The molecule has 0 radical (unpaired) electrons. The highest BCUT2D eigenvalue weighted by Gasteiger charge is 2.37. The quantitative estimate of drug-likeness (QED) is 0.354. The number of carbonyl (C=O) groups is 1. The van der Waals surface area contributed by atoms with Crippen LogP contribution < -0.4 is 0 Å². The number of benzene rings is 2. The number of hydrogen-bond donors (Lipinski definition) is 0. The number of likely N-dealkylation sites (tertiary alicyclic amines) is 1. The van der Waals surface area contributed by atoms with Crippen molar-refractivity contribution >= 4 is 11.6 Å². The van der Waals surface area contributed by atoms with Crippen LogP contribution in [0, 0.1) is 5.92 Å². The van der Waals surface area contributed by atoms with Gasteiger partial charge in [0.1, 0.15) is 11.5 Å². The number of nitrogens with zero attached hydrogens (tertiary/aromatic N) is 5. The molecule has 2 aliphatic heterocycles. The third-order valence-electron chi connectivity index (χ3n) is 7.38. The highest BCUT2D eigenvalue weighted by Crippen LogP contribution is 2.38. The normalized spacial score (nSPS) is 18.8. The monoisotopic (exact) mass is 493 g/mol. The highest BCUT2D eigenvalue weighted by atomic mass is 16.3. The fraction of sp³-hybridized carbons (Fsp3) is 0.300. The van der Waals surface area contributed by atoms with Gasteiger partial charge in [-0.05, 0) is 56.1 Å². The van der Waals surface area contributed by atoms with Crippen LogP contribution in [0.1, 0.15) is 43.6 Å². The Kier molecular flexibility index (Phi) is 6.45. The van der Waals surface area contributed by atoms with Gasteiger partial charge >= 0.3 is 0 Å². The van der Waals surface area contributed by atoms with Gasteiger partial charge in [0.25, 0.3) is 5.91 Å². The molecular weight excluding hydrogens is 462 g/mol. The van der Waals surface area contributed by atoms with Crippen molar-refractivity contribution < 1.29 is 9.21 Å². The van der Waals surface area contributed by atoms with E-state index in [-0.39, 0.29) is 11.9 Å². The maximum absolute atomic E-state index is 13.7. The molecule has 1 fully saturated rings. The van der Waals surface area contributed by atoms with Crippen molar-refractivity contribution in [3.8, 4) is 16.9 Å². The number of rotatable bonds is 6. The summed E-state index contributed by atoms with van der Waals surface area (Å²) in [7, 11) is 0. The number of amides is 1. The molecule has 0 aliphatic carbocycles. The molecule has 0 bridgehead atoms. The first-order chi connectivity index (χ1) is 18.2. The number of hydrazone groups is 1. The van der Waals surface area contributed by atoms with Crippen LogP contribution in [0.2, 0.25) is 0 Å². The van der Waals surface area contributed by atoms with Crippen molar-refractivity contribution in [2.24, 2.45) is 11.0 Å². The molecule has 1 saturated heterocycles. The zero-order valence-electron chi connectivity index (χ0n) is 21.0. The maximum atomic E-state index is 13.7. The third-order valence-corrected chi connectivity index (χ3v) is 7.38. The molecule has 0 unspecified atom stereocenters. The van der Waals surface area contributed by atoms with E-state index in [0.717, 1.165) is 54.2 Å². The molecular formula is C30H31N5O2. The summed E-state index contributed by atoms with van der Waals surface area (Å²) in [4.78, 5) is 16.0. The highest BCUT2D eigenvalue weighted by molar-refractivity contribution is 6.01. The van der Waals surface area contributed by atoms with Gasteiger partial charge in [0.05, 0.1) is 30.2 Å². The van der Waals surface area contributed by atoms with Crippen LogP contribution in [-0.4, -0.2) is 50.9 Å². The Bertz CT molecular complexity index is 1370. The summed E-state index contributed by atoms with van der Waals surface area (Å²) >= 11 is 0. The minimum atomic E-state index is -0.274. The molecule has 7 nitrogen and oxygen atoms in total. The largest absolute Gasteiger partial charge is 0.463 e. The fourth-order valence-electron chi connectivity index (χ4n) is 5.22. The molecule has 0 N–H and O–H groups in total. The SMILES string of the molecule is CC1CCN(CC(=O)N2N=C(c3ccco3)C[C@@H]2c2cn(-c3ccccc3)nc2-c2ccccc2)CC1. The number of furan rings is 1. The summed E-state index contributed by atoms with van der Waals surface area (Å²) in [5.74, 6) is 1.42. The van der Waals surface area contributed by atoms with E-state index in [0.29, 0.717) is 24.6 Å². The van der Waals surface area contributed by atoms with E-state index < -0.39 is 0 Å². The Balaban J connectivity index is 1.38. The average Bonchev–Trinajstić information content (AvgIpc) is 3.70. The number of para-hydroxylation sites is 1. The van der Waals surface area contributed by atoms with Crippen molar-refractivity contribution in [3.63, 3.8) is 0 Å². The molecule has 188 valence electrons. The zero-order chi connectivity index (χ0) is 25.2. The van der Waals surface area contributed by atoms with E-state index in [4.69, 9.17) is 14.6 Å². The molecule has 7 heteroatoms. The predicted molar refractivity (Wildman–Crippen MR) is 143 cm³/mol. The first-order valence-electron chi connectivity index (χ1n) is 13.0. The van der Waals surface area contributed by atoms with E-state index in [1.165, 1.54) is 0 Å². The van der Waals surface area contributed by atoms with Gasteiger partial charge in [0.15, 0.2) is 0 Å². The molecule has 0 spiro atoms. The summed E-state index contributed by atoms with van der Waals surface area (Å²) in [5.41, 5.74) is 4.59. The topological polar surface area (TPSA) is 66.9 Å². The summed E-state index contributed by atoms with van der Waals surface area (Å²) in [6.07, 6.45) is 6.51. The minimum Gasteiger partial charge on any atom is -0.463 e. The third kappa shape index (κ3) is 4.87. The molecule has 6 rings (SSSR count). The molecule has 0 saturated carbocycles. The van der Waals surface area contributed by atoms with Gasteiger partial charge in [0, 0.05) is 23.7 Å². The number of carbonyl (C=O) groups excluding carboxylic acids is 1. The van der Waals surface area contributed by atoms with E-state index in [2.05, 4.69) is 24.0 Å². The molecule has 37 heavy (non-hydrogen) atoms. The average molecular weight is 494 g/mol. The first kappa shape index (κ1) is 23.4. The number of piperidine rings is 1. The first-order valence-corrected chi connectivity index (χ1v) is 13.0. The van der Waals surface area contributed by atoms with Gasteiger partial charge in [-0.25, -0.2) is 9.69 Å². The molecule has 2 aromatic carbocycles. The van der Waals surface area contributed by atoms with Crippen LogP contribution in [0.4, 0.5) is 0 Å². The number of aromatic nitrogens is 2. The summed E-state index contributed by atoms with van der Waals surface area (Å²) in [6.45, 7) is 4.54. The van der Waals surface area contributed by atoms with Gasteiger partial charge in [-0.15, -0.1) is 0 Å². The molecule has 2 aliphatic rings. The van der Waals surface area contributed by atoms with Crippen LogP contribution >= 0.6 is 0 Å². The second-order valence-corrected chi connectivity index (χ2v) is 10.0. The van der Waals surface area contributed by atoms with Crippen LogP contribution in [-0.2, 0) is 4.79 Å². The summed E-state index contributed by atoms with van der Waals surface area (Å²) in [6, 6.07) is 23.7. The van der Waals surface area contributed by atoms with Crippen molar-refractivity contribution in [1.82, 2.24) is 19.7 Å². The summed E-state index contributed by atoms with van der Waals surface area (Å²) < 4.78 is 7.58. The Morgan fingerprint density at radius 2 is 1.70 bits per heavy atom. The number of hydrogen-bond acceptors (Lipinski definition) is 5. The van der Waals surface area contributed by atoms with Gasteiger partial charge in [0.2, 0.25) is 0 Å². The van der Waals surface area contributed by atoms with E-state index in [9.17, 15) is 4.79 Å². The van der Waals surface area contributed by atoms with Crippen LogP contribution in [0.15, 0.2) is 94.8 Å². The van der Waals surface area contributed by atoms with Crippen molar-refractivity contribution in [2.45, 2.75) is 32.2 Å². The lowest BCUT2D eigenvalue weighted by atomic mass is 9.97. The van der Waals surface area contributed by atoms with Crippen LogP contribution in [0.5, 0.6) is 0 Å². The molecule has 2 aromatic heterocycles. The van der Waals surface area contributed by atoms with Crippen LogP contribution in [0.25, 0.3) is 16.9 Å². The fourth-order valence-corrected chi connectivity index (χ4v) is 5.22. The summed E-state index contributed by atoms with van der Waals surface area (Å²) in [5, 5.41) is 11.5. The second kappa shape index (κ2) is 10.2. The van der Waals surface area contributed by atoms with Gasteiger partial charge in [-0.3, -0.25) is 9.69 Å². The maximum Gasteiger partial charge on any atom is 0.257 e. The van der Waals surface area contributed by atoms with Crippen molar-refractivity contribution in [1.29, 1.82) is 0 Å². The van der Waals surface area contributed by atoms with E-state index in [1.54, 1.807) is 11.3 Å². The Morgan fingerprint density at radius 3 is 2.41 bits per heavy atom. The molecule has 4 aromatic rings. The Labute approximate surface area is 217 Å². The van der Waals surface area contributed by atoms with Gasteiger partial charge in [-0.1, -0.05) is 55.5 Å². The zero-order valence-corrected chi connectivity index (χ0v) is 21.0. The van der Waals surface area contributed by atoms with Crippen molar-refractivity contribution in [2.75, 3.05) is 19.6 Å². The van der Waals surface area contributed by atoms with E-state index >= 15 is 0 Å². The lowest BCUT2D eigenvalue weighted by Gasteiger charge is -2.31. The standard InChI is InChI=1S/C30H31N5O2/c1-22-14-16-33(17-15-22)21-29(36)35-27(19-26(31-35)28-13-8-18-37-28)25-20-34(24-11-6-3-7-12-24)32-30(25)23-9-4-2-5-10-23/h2-13,18,20,22,27H,14-17,19,21H2,1H3/t27-/m1/s1. The lowest BCUT2D eigenvalue weighted by Crippen LogP contribution is -2.41. The van der Waals surface area contributed by atoms with Crippen LogP contribution in [0.3, 0.4) is 0 Å². The van der Waals surface area contributed by atoms with E-state index in [1.807, 2.05) is 71.5 Å². The van der Waals surface area contributed by atoms with Gasteiger partial charge < -0.3 is 4.42 Å². The predicted octanol–water partition coefficient (Wildman–Crippen LogP) is 5.54.